The van der Waals surface area contributed by atoms with E-state index in [4.69, 9.17) is 0 Å². The molecule has 0 atom stereocenters. The summed E-state index contributed by atoms with van der Waals surface area (Å²) in [4.78, 5) is 54.1. The molecule has 13 heteroatoms. The fourth-order valence-corrected chi connectivity index (χ4v) is 4.11. The molecule has 0 unspecified atom stereocenters. The van der Waals surface area contributed by atoms with Crippen molar-refractivity contribution in [1.82, 2.24) is 28.8 Å². The summed E-state index contributed by atoms with van der Waals surface area (Å²) in [5, 5.41) is 11.3. The lowest BCUT2D eigenvalue weighted by molar-refractivity contribution is 0.0942. The predicted octanol–water partition coefficient (Wildman–Crippen LogP) is 1.74. The van der Waals surface area contributed by atoms with Gasteiger partial charge in [0, 0.05) is 59.4 Å². The molecule has 1 fully saturated rings. The lowest BCUT2D eigenvalue weighted by atomic mass is 10.3. The summed E-state index contributed by atoms with van der Waals surface area (Å²) in [6.07, 6.45) is 5.80. The van der Waals surface area contributed by atoms with Crippen LogP contribution in [0, 0.1) is 0 Å². The van der Waals surface area contributed by atoms with Gasteiger partial charge in [-0.3, -0.25) is 14.4 Å². The third kappa shape index (κ3) is 6.87. The Morgan fingerprint density at radius 2 is 1.15 bits per heavy atom. The zero-order valence-corrected chi connectivity index (χ0v) is 22.9. The third-order valence-corrected chi connectivity index (χ3v) is 6.28. The Labute approximate surface area is 226 Å². The Balaban J connectivity index is 1.36. The van der Waals surface area contributed by atoms with Crippen LogP contribution in [0.1, 0.15) is 37.9 Å². The quantitative estimate of drug-likeness (QED) is 0.231. The van der Waals surface area contributed by atoms with Crippen molar-refractivity contribution >= 4 is 40.8 Å². The highest BCUT2D eigenvalue weighted by molar-refractivity contribution is 6.07. The summed E-state index contributed by atoms with van der Waals surface area (Å²) >= 11 is 0. The first-order valence-electron chi connectivity index (χ1n) is 12.6. The molecule has 0 saturated carbocycles. The summed E-state index contributed by atoms with van der Waals surface area (Å²) in [7, 11) is 9.11. The number of rotatable bonds is 10. The van der Waals surface area contributed by atoms with Crippen molar-refractivity contribution in [2.24, 2.45) is 21.1 Å². The molecule has 13 nitrogen and oxygen atoms in total. The van der Waals surface area contributed by atoms with Crippen LogP contribution >= 0.6 is 0 Å². The van der Waals surface area contributed by atoms with E-state index in [2.05, 4.69) is 26.2 Å². The van der Waals surface area contributed by atoms with Crippen LogP contribution in [-0.4, -0.2) is 87.5 Å². The van der Waals surface area contributed by atoms with E-state index in [9.17, 15) is 19.2 Å². The first-order valence-corrected chi connectivity index (χ1v) is 12.6. The fraction of sp³-hybridized carbons (Fsp3) is 0.385. The van der Waals surface area contributed by atoms with Crippen molar-refractivity contribution in [2.75, 3.05) is 56.2 Å². The molecule has 3 aromatic heterocycles. The minimum absolute atomic E-state index is 0.197. The van der Waals surface area contributed by atoms with Crippen LogP contribution in [0.25, 0.3) is 0 Å². The van der Waals surface area contributed by atoms with E-state index >= 15 is 0 Å². The zero-order valence-electron chi connectivity index (χ0n) is 22.9. The van der Waals surface area contributed by atoms with E-state index in [1.807, 2.05) is 14.1 Å². The molecule has 39 heavy (non-hydrogen) atoms. The Bertz CT molecular complexity index is 1390. The maximum Gasteiger partial charge on any atom is 0.322 e. The number of carbonyl (C=O) groups excluding carboxylic acids is 4. The third-order valence-electron chi connectivity index (χ3n) is 6.28. The number of urea groups is 1. The van der Waals surface area contributed by atoms with E-state index in [1.165, 1.54) is 0 Å². The second-order valence-corrected chi connectivity index (χ2v) is 9.91. The average molecular weight is 538 g/mol. The van der Waals surface area contributed by atoms with E-state index in [0.29, 0.717) is 40.7 Å². The zero-order chi connectivity index (χ0) is 28.3. The lowest BCUT2D eigenvalue weighted by Crippen LogP contribution is -2.28. The van der Waals surface area contributed by atoms with Crippen LogP contribution in [0.5, 0.6) is 0 Å². The number of carbonyl (C=O) groups is 4. The van der Waals surface area contributed by atoms with Gasteiger partial charge in [-0.2, -0.15) is 0 Å². The normalized spacial score (nSPS) is 12.4. The predicted molar refractivity (Wildman–Crippen MR) is 148 cm³/mol. The van der Waals surface area contributed by atoms with Crippen LogP contribution in [0.15, 0.2) is 36.8 Å². The number of nitrogens with zero attached hydrogens (tertiary/aromatic N) is 5. The van der Waals surface area contributed by atoms with Gasteiger partial charge in [0.1, 0.15) is 17.1 Å². The fourth-order valence-electron chi connectivity index (χ4n) is 4.11. The molecule has 0 radical (unpaired) electrons. The summed E-state index contributed by atoms with van der Waals surface area (Å²) in [6, 6.07) is 4.59. The first kappa shape index (κ1) is 27.5. The summed E-state index contributed by atoms with van der Waals surface area (Å²) in [6.45, 7) is 2.89. The molecular weight excluding hydrogens is 502 g/mol. The molecule has 0 aliphatic carbocycles. The molecule has 1 aliphatic rings. The molecule has 208 valence electrons. The monoisotopic (exact) mass is 537 g/mol. The molecule has 1 saturated heterocycles. The Kier molecular flexibility index (Phi) is 8.10. The molecule has 0 aromatic carbocycles. The maximum atomic E-state index is 13.0. The molecule has 5 amide bonds. The summed E-state index contributed by atoms with van der Waals surface area (Å²) in [5.74, 6) is -0.985. The molecular formula is C26H35N9O4. The van der Waals surface area contributed by atoms with Crippen LogP contribution in [0.4, 0.5) is 21.9 Å². The molecule has 4 rings (SSSR count). The van der Waals surface area contributed by atoms with E-state index in [0.717, 1.165) is 26.1 Å². The number of nitrogens with one attached hydrogen (secondary N) is 4. The minimum atomic E-state index is -0.388. The van der Waals surface area contributed by atoms with E-state index in [-0.39, 0.29) is 23.8 Å². The second kappa shape index (κ2) is 11.5. The van der Waals surface area contributed by atoms with Gasteiger partial charge in [-0.1, -0.05) is 0 Å². The Hall–Kier alpha value is -4.52. The van der Waals surface area contributed by atoms with Crippen LogP contribution < -0.4 is 21.3 Å². The first-order chi connectivity index (χ1) is 18.5. The smallest absolute Gasteiger partial charge is 0.322 e. The average Bonchev–Trinajstić information content (AvgIpc) is 3.43. The largest absolute Gasteiger partial charge is 0.351 e. The van der Waals surface area contributed by atoms with Crippen LogP contribution in [0.2, 0.25) is 0 Å². The Morgan fingerprint density at radius 1 is 0.718 bits per heavy atom. The number of aromatic nitrogens is 3. The number of aryl methyl sites for hydroxylation is 3. The Morgan fingerprint density at radius 3 is 1.59 bits per heavy atom. The molecule has 4 N–H and O–H groups in total. The highest BCUT2D eigenvalue weighted by atomic mass is 16.2. The van der Waals surface area contributed by atoms with Crippen molar-refractivity contribution in [1.29, 1.82) is 0 Å². The molecule has 0 bridgehead atoms. The van der Waals surface area contributed by atoms with Gasteiger partial charge < -0.3 is 44.8 Å². The van der Waals surface area contributed by atoms with Gasteiger partial charge in [-0.25, -0.2) is 4.79 Å². The van der Waals surface area contributed by atoms with Gasteiger partial charge in [-0.15, -0.1) is 0 Å². The van der Waals surface area contributed by atoms with Gasteiger partial charge in [0.15, 0.2) is 0 Å². The van der Waals surface area contributed by atoms with Crippen molar-refractivity contribution in [3.05, 3.63) is 53.9 Å². The van der Waals surface area contributed by atoms with Crippen LogP contribution in [-0.2, 0) is 21.1 Å². The summed E-state index contributed by atoms with van der Waals surface area (Å²) < 4.78 is 4.88. The summed E-state index contributed by atoms with van der Waals surface area (Å²) in [5.41, 5.74) is 2.55. The number of amides is 5. The highest BCUT2D eigenvalue weighted by Crippen LogP contribution is 2.20. The number of hydrogen-bond donors (Lipinski definition) is 4. The molecule has 0 spiro atoms. The van der Waals surface area contributed by atoms with Gasteiger partial charge in [0.2, 0.25) is 0 Å². The minimum Gasteiger partial charge on any atom is -0.351 e. The van der Waals surface area contributed by atoms with Crippen LogP contribution in [0.3, 0.4) is 0 Å². The van der Waals surface area contributed by atoms with Crippen molar-refractivity contribution < 1.29 is 19.2 Å². The van der Waals surface area contributed by atoms with Gasteiger partial charge >= 0.3 is 6.03 Å². The highest BCUT2D eigenvalue weighted by Gasteiger charge is 2.25. The van der Waals surface area contributed by atoms with E-state index in [1.54, 1.807) is 76.5 Å². The number of hydrogen-bond acceptors (Lipinski definition) is 5. The van der Waals surface area contributed by atoms with Crippen molar-refractivity contribution in [3.63, 3.8) is 0 Å². The topological polar surface area (TPSA) is 137 Å². The van der Waals surface area contributed by atoms with Gasteiger partial charge in [0.25, 0.3) is 17.7 Å². The van der Waals surface area contributed by atoms with Crippen molar-refractivity contribution in [3.8, 4) is 0 Å². The molecule has 4 heterocycles. The van der Waals surface area contributed by atoms with Crippen molar-refractivity contribution in [2.45, 2.75) is 6.42 Å². The van der Waals surface area contributed by atoms with E-state index < -0.39 is 0 Å². The molecule has 3 aromatic rings. The standard InChI is InChI=1S/C26H35N9O4/c1-31(2)8-6-7-27-23(36)20-11-17(14-32(20)3)28-24(37)21-12-18(15-33(21)4)29-25(38)22-13-19(16-34(22)5)30-26(39)35-9-10-35/h11-16H,6-10H2,1-5H3,(H,27,36)(H,28,37)(H,29,38)(H,30,39). The van der Waals surface area contributed by atoms with Gasteiger partial charge in [0.05, 0.1) is 17.1 Å². The SMILES string of the molecule is CN(C)CCCNC(=O)c1cc(NC(=O)c2cc(NC(=O)c3cc(NC(=O)N4CC4)cn3C)cn2C)cn1C. The molecule has 1 aliphatic heterocycles. The maximum absolute atomic E-state index is 13.0. The van der Waals surface area contributed by atoms with Gasteiger partial charge in [-0.05, 0) is 45.3 Å². The second-order valence-electron chi connectivity index (χ2n) is 9.91. The number of anilines is 3. The lowest BCUT2D eigenvalue weighted by Gasteiger charge is -2.10.